The number of carbonyl (C=O) groups is 1. The zero-order valence-electron chi connectivity index (χ0n) is 16.9. The second kappa shape index (κ2) is 7.85. The van der Waals surface area contributed by atoms with Gasteiger partial charge in [0.15, 0.2) is 23.0 Å². The van der Waals surface area contributed by atoms with Crippen LogP contribution in [-0.4, -0.2) is 45.5 Å². The number of amides is 1. The number of aryl methyl sites for hydroxylation is 1. The largest absolute Gasteiger partial charge is 0.490 e. The molecule has 156 valence electrons. The van der Waals surface area contributed by atoms with Crippen molar-refractivity contribution in [3.63, 3.8) is 0 Å². The Morgan fingerprint density at radius 1 is 1.17 bits per heavy atom. The summed E-state index contributed by atoms with van der Waals surface area (Å²) in [6.45, 7) is 4.77. The highest BCUT2D eigenvalue weighted by molar-refractivity contribution is 5.93. The Labute approximate surface area is 174 Å². The molecule has 30 heavy (non-hydrogen) atoms. The van der Waals surface area contributed by atoms with Gasteiger partial charge in [0.25, 0.3) is 5.91 Å². The van der Waals surface area contributed by atoms with Gasteiger partial charge in [0.2, 0.25) is 0 Å². The van der Waals surface area contributed by atoms with Gasteiger partial charge in [-0.1, -0.05) is 11.2 Å². The molecular weight excluding hydrogens is 384 g/mol. The molecule has 1 saturated heterocycles. The monoisotopic (exact) mass is 408 g/mol. The molecule has 0 saturated carbocycles. The maximum absolute atomic E-state index is 13.2. The molecule has 1 fully saturated rings. The molecule has 2 aliphatic rings. The molecule has 1 aromatic carbocycles. The van der Waals surface area contributed by atoms with Crippen LogP contribution in [0.25, 0.3) is 11.3 Å². The van der Waals surface area contributed by atoms with Crippen LogP contribution in [0.4, 0.5) is 0 Å². The number of carbonyl (C=O) groups excluding carboxylic acids is 1. The second-order valence-electron chi connectivity index (χ2n) is 7.57. The topological polar surface area (TPSA) is 82.6 Å². The molecule has 0 N–H and O–H groups in total. The SMILES string of the molecule is CCn1cc(-c2cc(C(=O)N3CCC[C@@H]3c3ccc4c(c3)OCCCO4)no2)cn1. The first-order valence-corrected chi connectivity index (χ1v) is 10.4. The Morgan fingerprint density at radius 3 is 2.87 bits per heavy atom. The number of hydrogen-bond acceptors (Lipinski definition) is 6. The molecule has 1 atom stereocenters. The van der Waals surface area contributed by atoms with Crippen LogP contribution in [-0.2, 0) is 6.54 Å². The lowest BCUT2D eigenvalue weighted by atomic mass is 10.0. The summed E-state index contributed by atoms with van der Waals surface area (Å²) in [5, 5.41) is 8.28. The van der Waals surface area contributed by atoms with Crippen LogP contribution in [0.5, 0.6) is 11.5 Å². The average Bonchev–Trinajstić information content (AvgIpc) is 3.50. The molecule has 8 nitrogen and oxygen atoms in total. The predicted molar refractivity (Wildman–Crippen MR) is 108 cm³/mol. The first kappa shape index (κ1) is 18.7. The van der Waals surface area contributed by atoms with Crippen LogP contribution in [0, 0.1) is 0 Å². The maximum Gasteiger partial charge on any atom is 0.276 e. The quantitative estimate of drug-likeness (QED) is 0.655. The molecular formula is C22H24N4O4. The summed E-state index contributed by atoms with van der Waals surface area (Å²) in [4.78, 5) is 15.1. The molecule has 2 aromatic heterocycles. The molecule has 8 heteroatoms. The van der Waals surface area contributed by atoms with E-state index in [2.05, 4.69) is 10.3 Å². The molecule has 0 spiro atoms. The summed E-state index contributed by atoms with van der Waals surface area (Å²) in [5.41, 5.74) is 2.18. The Bertz CT molecular complexity index is 1060. The summed E-state index contributed by atoms with van der Waals surface area (Å²) in [7, 11) is 0. The van der Waals surface area contributed by atoms with E-state index < -0.39 is 0 Å². The summed E-state index contributed by atoms with van der Waals surface area (Å²) in [6, 6.07) is 7.65. The fourth-order valence-electron chi connectivity index (χ4n) is 4.07. The number of aromatic nitrogens is 3. The van der Waals surface area contributed by atoms with E-state index in [1.54, 1.807) is 16.9 Å². The maximum atomic E-state index is 13.2. The Kier molecular flexibility index (Phi) is 4.90. The number of likely N-dealkylation sites (tertiary alicyclic amines) is 1. The van der Waals surface area contributed by atoms with E-state index in [1.165, 1.54) is 0 Å². The van der Waals surface area contributed by atoms with Crippen LogP contribution in [0.1, 0.15) is 48.3 Å². The molecule has 5 rings (SSSR count). The summed E-state index contributed by atoms with van der Waals surface area (Å²) >= 11 is 0. The smallest absolute Gasteiger partial charge is 0.276 e. The van der Waals surface area contributed by atoms with Gasteiger partial charge in [-0.3, -0.25) is 9.48 Å². The van der Waals surface area contributed by atoms with Gasteiger partial charge in [-0.2, -0.15) is 5.10 Å². The first-order valence-electron chi connectivity index (χ1n) is 10.4. The number of rotatable bonds is 4. The molecule has 1 amide bonds. The van der Waals surface area contributed by atoms with E-state index in [9.17, 15) is 4.79 Å². The molecule has 0 radical (unpaired) electrons. The van der Waals surface area contributed by atoms with Gasteiger partial charge in [0, 0.05) is 31.8 Å². The molecule has 2 aliphatic heterocycles. The number of benzene rings is 1. The fraction of sp³-hybridized carbons (Fsp3) is 0.409. The van der Waals surface area contributed by atoms with Gasteiger partial charge in [-0.15, -0.1) is 0 Å². The van der Waals surface area contributed by atoms with E-state index >= 15 is 0 Å². The van der Waals surface area contributed by atoms with E-state index in [1.807, 2.05) is 36.2 Å². The van der Waals surface area contributed by atoms with Crippen molar-refractivity contribution in [2.75, 3.05) is 19.8 Å². The highest BCUT2D eigenvalue weighted by atomic mass is 16.5. The van der Waals surface area contributed by atoms with E-state index in [0.717, 1.165) is 48.4 Å². The van der Waals surface area contributed by atoms with Crippen molar-refractivity contribution in [1.29, 1.82) is 0 Å². The zero-order chi connectivity index (χ0) is 20.5. The van der Waals surface area contributed by atoms with Gasteiger partial charge in [-0.05, 0) is 37.5 Å². The normalized spacial score (nSPS) is 18.4. The first-order chi connectivity index (χ1) is 14.7. The highest BCUT2D eigenvalue weighted by Crippen LogP contribution is 2.38. The number of hydrogen-bond donors (Lipinski definition) is 0. The molecule has 0 aliphatic carbocycles. The lowest BCUT2D eigenvalue weighted by molar-refractivity contribution is 0.0725. The van der Waals surface area contributed by atoms with Crippen molar-refractivity contribution < 1.29 is 18.8 Å². The number of nitrogens with zero attached hydrogens (tertiary/aromatic N) is 4. The van der Waals surface area contributed by atoms with Crippen molar-refractivity contribution in [3.05, 3.63) is 47.9 Å². The Hall–Kier alpha value is -3.29. The summed E-state index contributed by atoms with van der Waals surface area (Å²) in [5.74, 6) is 1.94. The Balaban J connectivity index is 1.37. The van der Waals surface area contributed by atoms with Crippen LogP contribution in [0.3, 0.4) is 0 Å². The van der Waals surface area contributed by atoms with Crippen molar-refractivity contribution in [1.82, 2.24) is 19.8 Å². The third kappa shape index (κ3) is 3.42. The predicted octanol–water partition coefficient (Wildman–Crippen LogP) is 3.70. The zero-order valence-corrected chi connectivity index (χ0v) is 16.9. The van der Waals surface area contributed by atoms with Crippen LogP contribution < -0.4 is 9.47 Å². The lowest BCUT2D eigenvalue weighted by Crippen LogP contribution is -2.30. The van der Waals surface area contributed by atoms with Crippen LogP contribution in [0.15, 0.2) is 41.2 Å². The van der Waals surface area contributed by atoms with Gasteiger partial charge in [0.1, 0.15) is 0 Å². The molecule has 4 heterocycles. The van der Waals surface area contributed by atoms with E-state index in [4.69, 9.17) is 14.0 Å². The van der Waals surface area contributed by atoms with Crippen molar-refractivity contribution >= 4 is 5.91 Å². The Morgan fingerprint density at radius 2 is 2.03 bits per heavy atom. The van der Waals surface area contributed by atoms with Gasteiger partial charge in [0.05, 0.1) is 31.0 Å². The minimum atomic E-state index is -0.123. The minimum Gasteiger partial charge on any atom is -0.490 e. The van der Waals surface area contributed by atoms with Gasteiger partial charge < -0.3 is 18.9 Å². The van der Waals surface area contributed by atoms with Crippen LogP contribution in [0.2, 0.25) is 0 Å². The van der Waals surface area contributed by atoms with E-state index in [-0.39, 0.29) is 11.9 Å². The molecule has 0 unspecified atom stereocenters. The van der Waals surface area contributed by atoms with Gasteiger partial charge in [-0.25, -0.2) is 0 Å². The van der Waals surface area contributed by atoms with E-state index in [0.29, 0.717) is 31.2 Å². The number of fused-ring (bicyclic) bond motifs is 1. The van der Waals surface area contributed by atoms with Crippen molar-refractivity contribution in [2.24, 2.45) is 0 Å². The number of ether oxygens (including phenoxy) is 2. The van der Waals surface area contributed by atoms with Crippen LogP contribution >= 0.6 is 0 Å². The van der Waals surface area contributed by atoms with Gasteiger partial charge >= 0.3 is 0 Å². The third-order valence-corrected chi connectivity index (χ3v) is 5.64. The lowest BCUT2D eigenvalue weighted by Gasteiger charge is -2.24. The summed E-state index contributed by atoms with van der Waals surface area (Å²) in [6.07, 6.45) is 6.31. The summed E-state index contributed by atoms with van der Waals surface area (Å²) < 4.78 is 18.8. The molecule has 3 aromatic rings. The molecule has 0 bridgehead atoms. The minimum absolute atomic E-state index is 0.0161. The van der Waals surface area contributed by atoms with Crippen molar-refractivity contribution in [2.45, 2.75) is 38.8 Å². The second-order valence-corrected chi connectivity index (χ2v) is 7.57. The fourth-order valence-corrected chi connectivity index (χ4v) is 4.07. The van der Waals surface area contributed by atoms with Crippen molar-refractivity contribution in [3.8, 4) is 22.8 Å². The average molecular weight is 408 g/mol. The highest BCUT2D eigenvalue weighted by Gasteiger charge is 2.33. The third-order valence-electron chi connectivity index (χ3n) is 5.64. The standard InChI is InChI=1S/C22H24N4O4/c1-2-25-14-16(13-23-25)20-12-17(24-30-20)22(27)26-8-3-5-18(26)15-6-7-19-21(11-15)29-10-4-9-28-19/h6-7,11-14,18H,2-5,8-10H2,1H3/t18-/m1/s1.